The van der Waals surface area contributed by atoms with Gasteiger partial charge in [-0.1, -0.05) is 12.1 Å². The van der Waals surface area contributed by atoms with Gasteiger partial charge in [-0.05, 0) is 35.9 Å². The number of carbonyl (C=O) groups excluding carboxylic acids is 2. The van der Waals surface area contributed by atoms with Crippen LogP contribution >= 0.6 is 0 Å². The topological polar surface area (TPSA) is 86.2 Å². The number of esters is 1. The monoisotopic (exact) mass is 326 g/mol. The molecule has 0 bridgehead atoms. The van der Waals surface area contributed by atoms with Crippen molar-refractivity contribution >= 4 is 18.1 Å². The molecule has 24 heavy (non-hydrogen) atoms. The highest BCUT2D eigenvalue weighted by atomic mass is 16.7. The van der Waals surface area contributed by atoms with E-state index in [9.17, 15) is 9.59 Å². The Morgan fingerprint density at radius 3 is 2.54 bits per heavy atom. The molecule has 1 amide bonds. The lowest BCUT2D eigenvalue weighted by Gasteiger charge is -2.02. The SMILES string of the molecule is COC(=O)c1ccc(C=NNC(=O)c2ccc3c(c2)OCO3)cc1. The van der Waals surface area contributed by atoms with E-state index in [1.54, 1.807) is 42.5 Å². The molecule has 0 atom stereocenters. The molecule has 1 aliphatic heterocycles. The Morgan fingerprint density at radius 2 is 1.79 bits per heavy atom. The standard InChI is InChI=1S/C17H14N2O5/c1-22-17(21)12-4-2-11(3-5-12)9-18-19-16(20)13-6-7-14-15(8-13)24-10-23-14/h2-9H,10H2,1H3,(H,19,20). The Balaban J connectivity index is 1.61. The first-order valence-corrected chi connectivity index (χ1v) is 7.09. The number of hydrazone groups is 1. The van der Waals surface area contributed by atoms with Crippen molar-refractivity contribution in [1.29, 1.82) is 0 Å². The van der Waals surface area contributed by atoms with Crippen LogP contribution in [0.3, 0.4) is 0 Å². The molecule has 0 saturated carbocycles. The Labute approximate surface area is 137 Å². The molecule has 0 fully saturated rings. The van der Waals surface area contributed by atoms with Gasteiger partial charge in [0.2, 0.25) is 6.79 Å². The van der Waals surface area contributed by atoms with Gasteiger partial charge in [0.15, 0.2) is 11.5 Å². The van der Waals surface area contributed by atoms with E-state index in [-0.39, 0.29) is 12.7 Å². The number of benzene rings is 2. The number of amides is 1. The van der Waals surface area contributed by atoms with Crippen LogP contribution in [0.5, 0.6) is 11.5 Å². The van der Waals surface area contributed by atoms with E-state index < -0.39 is 5.97 Å². The van der Waals surface area contributed by atoms with Gasteiger partial charge >= 0.3 is 5.97 Å². The Hall–Kier alpha value is -3.35. The molecular formula is C17H14N2O5. The molecule has 1 aliphatic rings. The highest BCUT2D eigenvalue weighted by Crippen LogP contribution is 2.32. The van der Waals surface area contributed by atoms with E-state index in [0.717, 1.165) is 5.56 Å². The lowest BCUT2D eigenvalue weighted by atomic mass is 10.1. The van der Waals surface area contributed by atoms with Crippen LogP contribution in [0.2, 0.25) is 0 Å². The van der Waals surface area contributed by atoms with Crippen molar-refractivity contribution in [3.8, 4) is 11.5 Å². The molecule has 0 radical (unpaired) electrons. The molecule has 3 rings (SSSR count). The number of hydrogen-bond donors (Lipinski definition) is 1. The third-order valence-corrected chi connectivity index (χ3v) is 3.35. The molecule has 2 aromatic carbocycles. The predicted octanol–water partition coefficient (Wildman–Crippen LogP) is 1.97. The van der Waals surface area contributed by atoms with Crippen molar-refractivity contribution in [2.75, 3.05) is 13.9 Å². The molecule has 0 saturated heterocycles. The zero-order valence-corrected chi connectivity index (χ0v) is 12.8. The molecule has 7 heteroatoms. The van der Waals surface area contributed by atoms with Gasteiger partial charge in [0.05, 0.1) is 18.9 Å². The second kappa shape index (κ2) is 6.82. The number of carbonyl (C=O) groups is 2. The van der Waals surface area contributed by atoms with Gasteiger partial charge in [-0.2, -0.15) is 5.10 Å². The molecular weight excluding hydrogens is 312 g/mol. The zero-order chi connectivity index (χ0) is 16.9. The largest absolute Gasteiger partial charge is 0.465 e. The summed E-state index contributed by atoms with van der Waals surface area (Å²) in [7, 11) is 1.32. The van der Waals surface area contributed by atoms with Gasteiger partial charge in [-0.15, -0.1) is 0 Å². The third kappa shape index (κ3) is 3.35. The number of nitrogens with one attached hydrogen (secondary N) is 1. The van der Waals surface area contributed by atoms with Crippen LogP contribution < -0.4 is 14.9 Å². The van der Waals surface area contributed by atoms with Gasteiger partial charge in [0, 0.05) is 5.56 Å². The normalized spacial score (nSPS) is 12.2. The van der Waals surface area contributed by atoms with Crippen molar-refractivity contribution in [3.63, 3.8) is 0 Å². The van der Waals surface area contributed by atoms with E-state index in [4.69, 9.17) is 9.47 Å². The van der Waals surface area contributed by atoms with E-state index in [2.05, 4.69) is 15.3 Å². The van der Waals surface area contributed by atoms with Crippen LogP contribution in [-0.4, -0.2) is 32.0 Å². The molecule has 2 aromatic rings. The lowest BCUT2D eigenvalue weighted by molar-refractivity contribution is 0.0600. The average Bonchev–Trinajstić information content (AvgIpc) is 3.09. The number of fused-ring (bicyclic) bond motifs is 1. The summed E-state index contributed by atoms with van der Waals surface area (Å²) >= 11 is 0. The van der Waals surface area contributed by atoms with Crippen LogP contribution in [0.25, 0.3) is 0 Å². The van der Waals surface area contributed by atoms with E-state index in [0.29, 0.717) is 22.6 Å². The predicted molar refractivity (Wildman–Crippen MR) is 85.4 cm³/mol. The quantitative estimate of drug-likeness (QED) is 0.527. The maximum Gasteiger partial charge on any atom is 0.337 e. The number of methoxy groups -OCH3 is 1. The van der Waals surface area contributed by atoms with E-state index in [1.807, 2.05) is 0 Å². The van der Waals surface area contributed by atoms with Crippen LogP contribution in [-0.2, 0) is 4.74 Å². The highest BCUT2D eigenvalue weighted by molar-refractivity contribution is 5.95. The maximum absolute atomic E-state index is 12.0. The first kappa shape index (κ1) is 15.5. The smallest absolute Gasteiger partial charge is 0.337 e. The van der Waals surface area contributed by atoms with E-state index >= 15 is 0 Å². The van der Waals surface area contributed by atoms with Gasteiger partial charge in [-0.25, -0.2) is 10.2 Å². The van der Waals surface area contributed by atoms with Gasteiger partial charge in [0.25, 0.3) is 5.91 Å². The molecule has 0 spiro atoms. The fourth-order valence-electron chi connectivity index (χ4n) is 2.09. The summed E-state index contributed by atoms with van der Waals surface area (Å²) in [6, 6.07) is 11.5. The summed E-state index contributed by atoms with van der Waals surface area (Å²) in [6.07, 6.45) is 1.48. The third-order valence-electron chi connectivity index (χ3n) is 3.35. The Bertz CT molecular complexity index is 799. The Morgan fingerprint density at radius 1 is 1.08 bits per heavy atom. The number of nitrogens with zero attached hydrogens (tertiary/aromatic N) is 1. The van der Waals surface area contributed by atoms with Gasteiger partial charge in [-0.3, -0.25) is 4.79 Å². The molecule has 7 nitrogen and oxygen atoms in total. The highest BCUT2D eigenvalue weighted by Gasteiger charge is 2.15. The summed E-state index contributed by atoms with van der Waals surface area (Å²) in [5.41, 5.74) is 4.02. The molecule has 1 heterocycles. The summed E-state index contributed by atoms with van der Waals surface area (Å²) in [5.74, 6) is 0.371. The molecule has 0 unspecified atom stereocenters. The molecule has 0 aromatic heterocycles. The first-order valence-electron chi connectivity index (χ1n) is 7.09. The van der Waals surface area contributed by atoms with Crippen LogP contribution in [0.4, 0.5) is 0 Å². The fraction of sp³-hybridized carbons (Fsp3) is 0.118. The summed E-state index contributed by atoms with van der Waals surface area (Å²) in [5, 5.41) is 3.89. The number of ether oxygens (including phenoxy) is 3. The van der Waals surface area contributed by atoms with Crippen LogP contribution in [0.15, 0.2) is 47.6 Å². The van der Waals surface area contributed by atoms with Gasteiger partial charge in [0.1, 0.15) is 0 Å². The van der Waals surface area contributed by atoms with Crippen molar-refractivity contribution in [3.05, 3.63) is 59.2 Å². The van der Waals surface area contributed by atoms with Crippen molar-refractivity contribution in [2.45, 2.75) is 0 Å². The molecule has 122 valence electrons. The Kier molecular flexibility index (Phi) is 4.42. The van der Waals surface area contributed by atoms with Crippen LogP contribution in [0, 0.1) is 0 Å². The molecule has 1 N–H and O–H groups in total. The number of hydrogen-bond acceptors (Lipinski definition) is 6. The van der Waals surface area contributed by atoms with Crippen LogP contribution in [0.1, 0.15) is 26.3 Å². The van der Waals surface area contributed by atoms with Crippen molar-refractivity contribution < 1.29 is 23.8 Å². The minimum absolute atomic E-state index is 0.153. The molecule has 0 aliphatic carbocycles. The summed E-state index contributed by atoms with van der Waals surface area (Å²) < 4.78 is 15.0. The fourth-order valence-corrected chi connectivity index (χ4v) is 2.09. The second-order valence-electron chi connectivity index (χ2n) is 4.88. The number of rotatable bonds is 4. The summed E-state index contributed by atoms with van der Waals surface area (Å²) in [4.78, 5) is 23.4. The van der Waals surface area contributed by atoms with Crippen molar-refractivity contribution in [1.82, 2.24) is 5.43 Å². The zero-order valence-electron chi connectivity index (χ0n) is 12.8. The minimum atomic E-state index is -0.408. The second-order valence-corrected chi connectivity index (χ2v) is 4.88. The van der Waals surface area contributed by atoms with Crippen molar-refractivity contribution in [2.24, 2.45) is 5.10 Å². The average molecular weight is 326 g/mol. The van der Waals surface area contributed by atoms with Gasteiger partial charge < -0.3 is 14.2 Å². The van der Waals surface area contributed by atoms with E-state index in [1.165, 1.54) is 13.3 Å². The maximum atomic E-state index is 12.0. The first-order chi connectivity index (χ1) is 11.7. The summed E-state index contributed by atoms with van der Waals surface area (Å²) in [6.45, 7) is 0.153. The minimum Gasteiger partial charge on any atom is -0.465 e. The lowest BCUT2D eigenvalue weighted by Crippen LogP contribution is -2.17.